The number of fused-ring (bicyclic) bond motifs is 2. The fourth-order valence-corrected chi connectivity index (χ4v) is 4.63. The lowest BCUT2D eigenvalue weighted by molar-refractivity contribution is -0.00425. The van der Waals surface area contributed by atoms with Crippen LogP contribution in [0, 0.1) is 11.8 Å². The quantitative estimate of drug-likeness (QED) is 0.653. The molecule has 0 aromatic heterocycles. The van der Waals surface area contributed by atoms with Gasteiger partial charge in [0.2, 0.25) is 12.5 Å². The lowest BCUT2D eigenvalue weighted by Crippen LogP contribution is -2.38. The predicted octanol–water partition coefficient (Wildman–Crippen LogP) is 1.84. The van der Waals surface area contributed by atoms with Crippen molar-refractivity contribution in [2.24, 2.45) is 11.8 Å². The number of benzene rings is 2. The van der Waals surface area contributed by atoms with Crippen molar-refractivity contribution in [3.63, 3.8) is 0 Å². The maximum absolute atomic E-state index is 11.0. The van der Waals surface area contributed by atoms with Crippen LogP contribution in [0.15, 0.2) is 24.3 Å². The summed E-state index contributed by atoms with van der Waals surface area (Å²) in [5, 5.41) is 31.2. The Balaban J connectivity index is 1.95. The molecule has 1 aliphatic heterocycles. The molecule has 0 saturated heterocycles. The Morgan fingerprint density at radius 2 is 1.40 bits per heavy atom. The van der Waals surface area contributed by atoms with E-state index in [2.05, 4.69) is 0 Å². The van der Waals surface area contributed by atoms with Gasteiger partial charge in [0.25, 0.3) is 0 Å². The molecule has 1 heterocycles. The van der Waals surface area contributed by atoms with Crippen molar-refractivity contribution in [1.82, 2.24) is 0 Å². The van der Waals surface area contributed by atoms with Gasteiger partial charge in [0.15, 0.2) is 23.0 Å². The molecular weight excluding hydrogens is 392 g/mol. The molecule has 4 atom stereocenters. The average molecular weight is 418 g/mol. The second-order valence-electron chi connectivity index (χ2n) is 7.41. The summed E-state index contributed by atoms with van der Waals surface area (Å²) in [5.41, 5.74) is 2.24. The molecule has 0 bridgehead atoms. The van der Waals surface area contributed by atoms with Crippen molar-refractivity contribution < 1.29 is 39.0 Å². The van der Waals surface area contributed by atoms with Gasteiger partial charge in [0.05, 0.1) is 27.4 Å². The van der Waals surface area contributed by atoms with E-state index in [1.54, 1.807) is 6.07 Å². The summed E-state index contributed by atoms with van der Waals surface area (Å²) < 4.78 is 27.5. The van der Waals surface area contributed by atoms with Crippen LogP contribution in [0.5, 0.6) is 28.7 Å². The van der Waals surface area contributed by atoms with E-state index in [9.17, 15) is 15.3 Å². The minimum atomic E-state index is -0.949. The van der Waals surface area contributed by atoms with Crippen molar-refractivity contribution in [3.8, 4) is 28.7 Å². The van der Waals surface area contributed by atoms with Gasteiger partial charge in [-0.05, 0) is 41.0 Å². The summed E-state index contributed by atoms with van der Waals surface area (Å²) in [4.78, 5) is 0. The summed E-state index contributed by atoms with van der Waals surface area (Å²) in [6.45, 7) is -0.394. The van der Waals surface area contributed by atoms with Crippen molar-refractivity contribution >= 4 is 0 Å². The van der Waals surface area contributed by atoms with Gasteiger partial charge in [-0.15, -0.1) is 0 Å². The van der Waals surface area contributed by atoms with Gasteiger partial charge in [0.1, 0.15) is 0 Å². The van der Waals surface area contributed by atoms with E-state index in [0.29, 0.717) is 34.3 Å². The average Bonchev–Trinajstić information content (AvgIpc) is 3.24. The first-order valence-corrected chi connectivity index (χ1v) is 9.71. The molecule has 1 aliphatic carbocycles. The molecule has 8 nitrogen and oxygen atoms in total. The van der Waals surface area contributed by atoms with Crippen LogP contribution in [0.25, 0.3) is 0 Å². The van der Waals surface area contributed by atoms with E-state index in [1.165, 1.54) is 21.3 Å². The minimum absolute atomic E-state index is 0.107. The molecule has 0 fully saturated rings. The van der Waals surface area contributed by atoms with E-state index in [0.717, 1.165) is 11.1 Å². The predicted molar refractivity (Wildman–Crippen MR) is 107 cm³/mol. The van der Waals surface area contributed by atoms with Gasteiger partial charge in [-0.25, -0.2) is 0 Å². The van der Waals surface area contributed by atoms with Gasteiger partial charge >= 0.3 is 0 Å². The highest BCUT2D eigenvalue weighted by Crippen LogP contribution is 2.53. The fraction of sp³-hybridized carbons (Fsp3) is 0.455. The zero-order valence-corrected chi connectivity index (χ0v) is 17.1. The Morgan fingerprint density at radius 1 is 0.833 bits per heavy atom. The highest BCUT2D eigenvalue weighted by atomic mass is 16.7. The maximum Gasteiger partial charge on any atom is 0.231 e. The van der Waals surface area contributed by atoms with Crippen LogP contribution < -0.4 is 23.7 Å². The largest absolute Gasteiger partial charge is 0.493 e. The monoisotopic (exact) mass is 418 g/mol. The summed E-state index contributed by atoms with van der Waals surface area (Å²) in [7, 11) is 4.61. The molecule has 3 N–H and O–H groups in total. The Hall–Kier alpha value is -2.68. The smallest absolute Gasteiger partial charge is 0.231 e. The van der Waals surface area contributed by atoms with Crippen molar-refractivity contribution in [2.45, 2.75) is 12.0 Å². The first-order chi connectivity index (χ1) is 14.6. The second-order valence-corrected chi connectivity index (χ2v) is 7.41. The minimum Gasteiger partial charge on any atom is -0.493 e. The Morgan fingerprint density at radius 3 is 1.90 bits per heavy atom. The van der Waals surface area contributed by atoms with Gasteiger partial charge in [-0.1, -0.05) is 0 Å². The number of hydrogen-bond donors (Lipinski definition) is 3. The van der Waals surface area contributed by atoms with Crippen LogP contribution in [-0.2, 0) is 0 Å². The van der Waals surface area contributed by atoms with Gasteiger partial charge < -0.3 is 39.0 Å². The highest BCUT2D eigenvalue weighted by molar-refractivity contribution is 5.59. The molecule has 4 rings (SSSR count). The summed E-state index contributed by atoms with van der Waals surface area (Å²) in [6, 6.07) is 7.25. The third kappa shape index (κ3) is 3.12. The lowest BCUT2D eigenvalue weighted by atomic mass is 9.65. The molecule has 162 valence electrons. The van der Waals surface area contributed by atoms with Crippen LogP contribution in [0.4, 0.5) is 0 Å². The highest BCUT2D eigenvalue weighted by Gasteiger charge is 2.44. The molecule has 0 amide bonds. The van der Waals surface area contributed by atoms with E-state index >= 15 is 0 Å². The van der Waals surface area contributed by atoms with Crippen LogP contribution in [0.1, 0.15) is 28.7 Å². The topological polar surface area (TPSA) is 107 Å². The molecule has 2 aromatic rings. The maximum atomic E-state index is 11.0. The van der Waals surface area contributed by atoms with Crippen molar-refractivity contribution in [2.75, 3.05) is 41.3 Å². The normalized spacial score (nSPS) is 24.3. The number of ether oxygens (including phenoxy) is 5. The first kappa shape index (κ1) is 20.6. The van der Waals surface area contributed by atoms with E-state index in [4.69, 9.17) is 23.7 Å². The first-order valence-electron chi connectivity index (χ1n) is 9.71. The zero-order chi connectivity index (χ0) is 21.4. The SMILES string of the molecule is COc1cc([C@@H]2c3cc4c(cc3[C@@H](O)[C@H](CO)[C@@H]2CO)OCO4)cc(OC)c1OC. The summed E-state index contributed by atoms with van der Waals surface area (Å²) >= 11 is 0. The molecule has 30 heavy (non-hydrogen) atoms. The lowest BCUT2D eigenvalue weighted by Gasteiger charge is -2.41. The van der Waals surface area contributed by atoms with E-state index in [-0.39, 0.29) is 25.9 Å². The number of aliphatic hydroxyl groups is 3. The third-order valence-corrected chi connectivity index (χ3v) is 6.08. The number of hydrogen-bond acceptors (Lipinski definition) is 8. The molecular formula is C22H26O8. The summed E-state index contributed by atoms with van der Waals surface area (Å²) in [5.74, 6) is 1.20. The molecule has 0 spiro atoms. The van der Waals surface area contributed by atoms with Crippen LogP contribution in [0.3, 0.4) is 0 Å². The van der Waals surface area contributed by atoms with Crippen molar-refractivity contribution in [1.29, 1.82) is 0 Å². The van der Waals surface area contributed by atoms with Crippen LogP contribution >= 0.6 is 0 Å². The molecule has 8 heteroatoms. The van der Waals surface area contributed by atoms with Crippen LogP contribution in [0.2, 0.25) is 0 Å². The molecule has 0 unspecified atom stereocenters. The molecule has 0 radical (unpaired) electrons. The molecule has 2 aromatic carbocycles. The van der Waals surface area contributed by atoms with Gasteiger partial charge in [-0.3, -0.25) is 0 Å². The van der Waals surface area contributed by atoms with Crippen molar-refractivity contribution in [3.05, 3.63) is 41.0 Å². The standard InChI is InChI=1S/C22H26O8/c1-26-18-4-11(5-19(27-2)22(18)28-3)20-12-6-16-17(30-10-29-16)7-13(12)21(25)15(9-24)14(20)8-23/h4-7,14-15,20-21,23-25H,8-10H2,1-3H3/t14-,15+,20+,21+/m0/s1. The fourth-order valence-electron chi connectivity index (χ4n) is 4.63. The zero-order valence-electron chi connectivity index (χ0n) is 17.1. The van der Waals surface area contributed by atoms with Gasteiger partial charge in [-0.2, -0.15) is 0 Å². The number of aliphatic hydroxyl groups excluding tert-OH is 3. The number of methoxy groups -OCH3 is 3. The Bertz CT molecular complexity index is 903. The van der Waals surface area contributed by atoms with Gasteiger partial charge in [0, 0.05) is 31.0 Å². The second kappa shape index (κ2) is 8.22. The third-order valence-electron chi connectivity index (χ3n) is 6.08. The van der Waals surface area contributed by atoms with E-state index < -0.39 is 17.9 Å². The van der Waals surface area contributed by atoms with Crippen LogP contribution in [-0.4, -0.2) is 56.7 Å². The molecule has 0 saturated carbocycles. The molecule has 2 aliphatic rings. The Labute approximate surface area is 174 Å². The van der Waals surface area contributed by atoms with E-state index in [1.807, 2.05) is 18.2 Å². The number of rotatable bonds is 6. The Kier molecular flexibility index (Phi) is 5.64. The summed E-state index contributed by atoms with van der Waals surface area (Å²) in [6.07, 6.45) is -0.949.